The van der Waals surface area contributed by atoms with Gasteiger partial charge in [-0.25, -0.2) is 0 Å². The molecule has 1 saturated heterocycles. The smallest absolute Gasteiger partial charge is 0.223 e. The lowest BCUT2D eigenvalue weighted by molar-refractivity contribution is -0.134. The van der Waals surface area contributed by atoms with Gasteiger partial charge in [0.05, 0.1) is 12.6 Å². The molecule has 2 amide bonds. The van der Waals surface area contributed by atoms with Gasteiger partial charge < -0.3 is 15.3 Å². The van der Waals surface area contributed by atoms with E-state index in [4.69, 9.17) is 5.11 Å². The van der Waals surface area contributed by atoms with Gasteiger partial charge in [0.15, 0.2) is 0 Å². The second kappa shape index (κ2) is 6.59. The van der Waals surface area contributed by atoms with Gasteiger partial charge in [-0.1, -0.05) is 6.92 Å². The Labute approximate surface area is 102 Å². The van der Waals surface area contributed by atoms with Crippen LogP contribution in [0.25, 0.3) is 0 Å². The number of nitrogens with one attached hydrogen (secondary N) is 1. The number of likely N-dealkylation sites (tertiary alicyclic amines) is 1. The summed E-state index contributed by atoms with van der Waals surface area (Å²) in [4.78, 5) is 24.8. The average Bonchev–Trinajstić information content (AvgIpc) is 2.35. The summed E-state index contributed by atoms with van der Waals surface area (Å²) in [5.41, 5.74) is 0. The number of nitrogens with zero attached hydrogens (tertiary/aromatic N) is 1. The molecule has 0 aliphatic carbocycles. The van der Waals surface area contributed by atoms with Gasteiger partial charge in [0.25, 0.3) is 0 Å². The van der Waals surface area contributed by atoms with E-state index in [2.05, 4.69) is 5.32 Å². The van der Waals surface area contributed by atoms with Crippen LogP contribution in [-0.2, 0) is 9.59 Å². The summed E-state index contributed by atoms with van der Waals surface area (Å²) in [7, 11) is 0. The number of rotatable bonds is 4. The zero-order chi connectivity index (χ0) is 12.8. The summed E-state index contributed by atoms with van der Waals surface area (Å²) in [6.07, 6.45) is 2.16. The molecule has 0 aromatic heterocycles. The first-order valence-corrected chi connectivity index (χ1v) is 6.25. The first kappa shape index (κ1) is 14.0. The van der Waals surface area contributed by atoms with Gasteiger partial charge in [0, 0.05) is 25.9 Å². The fourth-order valence-corrected chi connectivity index (χ4v) is 2.05. The van der Waals surface area contributed by atoms with Crippen LogP contribution in [0.2, 0.25) is 0 Å². The van der Waals surface area contributed by atoms with Gasteiger partial charge >= 0.3 is 0 Å². The minimum absolute atomic E-state index is 0.00843. The van der Waals surface area contributed by atoms with Gasteiger partial charge in [-0.2, -0.15) is 0 Å². The van der Waals surface area contributed by atoms with Crippen molar-refractivity contribution in [1.82, 2.24) is 10.2 Å². The Bertz CT molecular complexity index is 269. The summed E-state index contributed by atoms with van der Waals surface area (Å²) in [6, 6.07) is -0.145. The summed E-state index contributed by atoms with van der Waals surface area (Å²) in [5, 5.41) is 11.9. The van der Waals surface area contributed by atoms with Crippen molar-refractivity contribution in [2.45, 2.75) is 39.2 Å². The third-order valence-corrected chi connectivity index (χ3v) is 3.37. The lowest BCUT2D eigenvalue weighted by Crippen LogP contribution is -2.45. The van der Waals surface area contributed by atoms with Crippen LogP contribution in [0.3, 0.4) is 0 Å². The second-order valence-electron chi connectivity index (χ2n) is 4.58. The number of carbonyl (C=O) groups is 2. The predicted molar refractivity (Wildman–Crippen MR) is 64.3 cm³/mol. The van der Waals surface area contributed by atoms with E-state index in [9.17, 15) is 9.59 Å². The first-order chi connectivity index (χ1) is 8.08. The maximum Gasteiger partial charge on any atom is 0.223 e. The highest BCUT2D eigenvalue weighted by Crippen LogP contribution is 2.17. The predicted octanol–water partition coefficient (Wildman–Crippen LogP) is 0.132. The zero-order valence-corrected chi connectivity index (χ0v) is 10.6. The van der Waals surface area contributed by atoms with Crippen molar-refractivity contribution >= 4 is 11.8 Å². The molecule has 17 heavy (non-hydrogen) atoms. The largest absolute Gasteiger partial charge is 0.394 e. The normalized spacial score (nSPS) is 18.9. The SMILES string of the molecule is CCC(CO)NC(=O)C1CCN(C(C)=O)CC1. The van der Waals surface area contributed by atoms with Gasteiger partial charge in [0.2, 0.25) is 11.8 Å². The lowest BCUT2D eigenvalue weighted by atomic mass is 9.95. The Kier molecular flexibility index (Phi) is 5.41. The minimum Gasteiger partial charge on any atom is -0.394 e. The molecule has 0 bridgehead atoms. The Hall–Kier alpha value is -1.10. The van der Waals surface area contributed by atoms with Crippen molar-refractivity contribution in [3.63, 3.8) is 0 Å². The van der Waals surface area contributed by atoms with Gasteiger partial charge in [-0.3, -0.25) is 9.59 Å². The van der Waals surface area contributed by atoms with Crippen LogP contribution < -0.4 is 5.32 Å². The molecule has 1 rings (SSSR count). The number of aliphatic hydroxyl groups excluding tert-OH is 1. The summed E-state index contributed by atoms with van der Waals surface area (Å²) in [6.45, 7) is 4.78. The maximum atomic E-state index is 11.9. The molecule has 1 unspecified atom stereocenters. The molecule has 1 heterocycles. The number of hydrogen-bond acceptors (Lipinski definition) is 3. The third kappa shape index (κ3) is 4.00. The summed E-state index contributed by atoms with van der Waals surface area (Å²) in [5.74, 6) is 0.0611. The highest BCUT2D eigenvalue weighted by atomic mass is 16.3. The van der Waals surface area contributed by atoms with Crippen molar-refractivity contribution in [1.29, 1.82) is 0 Å². The molecule has 5 heteroatoms. The lowest BCUT2D eigenvalue weighted by Gasteiger charge is -2.31. The Balaban J connectivity index is 2.38. The van der Waals surface area contributed by atoms with Crippen molar-refractivity contribution in [2.75, 3.05) is 19.7 Å². The number of piperidine rings is 1. The molecular weight excluding hydrogens is 220 g/mol. The summed E-state index contributed by atoms with van der Waals surface area (Å²) < 4.78 is 0. The number of amides is 2. The standard InChI is InChI=1S/C12H22N2O3/c1-3-11(8-15)13-12(17)10-4-6-14(7-5-10)9(2)16/h10-11,15H,3-8H2,1-2H3,(H,13,17). The van der Waals surface area contributed by atoms with E-state index in [-0.39, 0.29) is 30.4 Å². The number of aliphatic hydroxyl groups is 1. The zero-order valence-electron chi connectivity index (χ0n) is 10.6. The average molecular weight is 242 g/mol. The molecule has 0 radical (unpaired) electrons. The van der Waals surface area contributed by atoms with E-state index < -0.39 is 0 Å². The van der Waals surface area contributed by atoms with Crippen LogP contribution >= 0.6 is 0 Å². The van der Waals surface area contributed by atoms with Crippen molar-refractivity contribution < 1.29 is 14.7 Å². The molecule has 1 aliphatic heterocycles. The molecule has 1 aliphatic rings. The highest BCUT2D eigenvalue weighted by molar-refractivity contribution is 5.79. The molecular formula is C12H22N2O3. The van der Waals surface area contributed by atoms with Crippen LogP contribution in [-0.4, -0.2) is 47.6 Å². The fourth-order valence-electron chi connectivity index (χ4n) is 2.05. The van der Waals surface area contributed by atoms with E-state index in [1.165, 1.54) is 0 Å². The molecule has 0 aromatic carbocycles. The van der Waals surface area contributed by atoms with E-state index in [1.54, 1.807) is 11.8 Å². The molecule has 0 aromatic rings. The maximum absolute atomic E-state index is 11.9. The first-order valence-electron chi connectivity index (χ1n) is 6.25. The van der Waals surface area contributed by atoms with Crippen molar-refractivity contribution in [3.8, 4) is 0 Å². The fraction of sp³-hybridized carbons (Fsp3) is 0.833. The number of hydrogen-bond donors (Lipinski definition) is 2. The molecule has 5 nitrogen and oxygen atoms in total. The van der Waals surface area contributed by atoms with E-state index >= 15 is 0 Å². The van der Waals surface area contributed by atoms with Gasteiger partial charge in [-0.15, -0.1) is 0 Å². The Morgan fingerprint density at radius 2 is 2.00 bits per heavy atom. The van der Waals surface area contributed by atoms with Crippen LogP contribution in [0.1, 0.15) is 33.1 Å². The molecule has 0 saturated carbocycles. The van der Waals surface area contributed by atoms with Crippen molar-refractivity contribution in [2.24, 2.45) is 5.92 Å². The van der Waals surface area contributed by atoms with Crippen LogP contribution in [0, 0.1) is 5.92 Å². The van der Waals surface area contributed by atoms with Gasteiger partial charge in [-0.05, 0) is 19.3 Å². The Morgan fingerprint density at radius 3 is 2.41 bits per heavy atom. The molecule has 98 valence electrons. The van der Waals surface area contributed by atoms with Crippen LogP contribution in [0.5, 0.6) is 0 Å². The second-order valence-corrected chi connectivity index (χ2v) is 4.58. The highest BCUT2D eigenvalue weighted by Gasteiger charge is 2.26. The minimum atomic E-state index is -0.145. The van der Waals surface area contributed by atoms with E-state index in [1.807, 2.05) is 6.92 Å². The molecule has 1 fully saturated rings. The van der Waals surface area contributed by atoms with E-state index in [0.29, 0.717) is 25.9 Å². The Morgan fingerprint density at radius 1 is 1.41 bits per heavy atom. The van der Waals surface area contributed by atoms with E-state index in [0.717, 1.165) is 6.42 Å². The van der Waals surface area contributed by atoms with Crippen LogP contribution in [0.15, 0.2) is 0 Å². The topological polar surface area (TPSA) is 69.6 Å². The molecule has 1 atom stereocenters. The van der Waals surface area contributed by atoms with Gasteiger partial charge in [0.1, 0.15) is 0 Å². The molecule has 2 N–H and O–H groups in total. The number of carbonyl (C=O) groups excluding carboxylic acids is 2. The monoisotopic (exact) mass is 242 g/mol. The summed E-state index contributed by atoms with van der Waals surface area (Å²) >= 11 is 0. The third-order valence-electron chi connectivity index (χ3n) is 3.37. The molecule has 0 spiro atoms. The quantitative estimate of drug-likeness (QED) is 0.736. The van der Waals surface area contributed by atoms with Crippen LogP contribution in [0.4, 0.5) is 0 Å². The van der Waals surface area contributed by atoms with Crippen molar-refractivity contribution in [3.05, 3.63) is 0 Å².